The number of halogens is 1. The van der Waals surface area contributed by atoms with Crippen molar-refractivity contribution < 1.29 is 14.3 Å². The van der Waals surface area contributed by atoms with Gasteiger partial charge in [-0.1, -0.05) is 48.0 Å². The van der Waals surface area contributed by atoms with Crippen molar-refractivity contribution in [2.75, 3.05) is 16.8 Å². The standard InChI is InChI=1S/C27H25ClN2O3/c1-5-33-23-9-7-6-8-21(23)29-25-24(19-12-10-16(2)18(4)14-19)26(31)30(27(25)32)22-15-20(28)13-11-17(22)3/h6-15,29H,5H2,1-4H3. The zero-order valence-corrected chi connectivity index (χ0v) is 19.8. The summed E-state index contributed by atoms with van der Waals surface area (Å²) in [7, 11) is 0. The summed E-state index contributed by atoms with van der Waals surface area (Å²) in [6, 6.07) is 18.3. The SMILES string of the molecule is CCOc1ccccc1NC1=C(c2ccc(C)c(C)c2)C(=O)N(c2cc(Cl)ccc2C)C1=O. The van der Waals surface area contributed by atoms with Crippen LogP contribution in [0.25, 0.3) is 5.57 Å². The van der Waals surface area contributed by atoms with E-state index in [2.05, 4.69) is 5.32 Å². The fourth-order valence-corrected chi connectivity index (χ4v) is 4.00. The number of rotatable bonds is 6. The zero-order valence-electron chi connectivity index (χ0n) is 19.0. The van der Waals surface area contributed by atoms with Crippen molar-refractivity contribution in [3.63, 3.8) is 0 Å². The fraction of sp³-hybridized carbons (Fsp3) is 0.185. The van der Waals surface area contributed by atoms with Crippen LogP contribution in [0.1, 0.15) is 29.2 Å². The third kappa shape index (κ3) is 4.24. The number of anilines is 2. The van der Waals surface area contributed by atoms with E-state index in [4.69, 9.17) is 16.3 Å². The molecule has 0 fully saturated rings. The largest absolute Gasteiger partial charge is 0.492 e. The van der Waals surface area contributed by atoms with E-state index in [1.165, 1.54) is 4.90 Å². The summed E-state index contributed by atoms with van der Waals surface area (Å²) < 4.78 is 5.72. The lowest BCUT2D eigenvalue weighted by Crippen LogP contribution is -2.33. The van der Waals surface area contributed by atoms with Crippen LogP contribution >= 0.6 is 11.6 Å². The summed E-state index contributed by atoms with van der Waals surface area (Å²) in [5.74, 6) is -0.237. The van der Waals surface area contributed by atoms with Gasteiger partial charge in [0.1, 0.15) is 11.4 Å². The summed E-state index contributed by atoms with van der Waals surface area (Å²) in [5.41, 5.74) is 5.19. The number of ether oxygens (including phenoxy) is 1. The number of benzene rings is 3. The number of amides is 2. The van der Waals surface area contributed by atoms with Crippen molar-refractivity contribution in [1.82, 2.24) is 0 Å². The summed E-state index contributed by atoms with van der Waals surface area (Å²) in [6.45, 7) is 8.20. The zero-order chi connectivity index (χ0) is 23.7. The maximum absolute atomic E-state index is 13.7. The highest BCUT2D eigenvalue weighted by Crippen LogP contribution is 2.37. The molecule has 1 aliphatic heterocycles. The van der Waals surface area contributed by atoms with Gasteiger partial charge in [0.25, 0.3) is 11.8 Å². The lowest BCUT2D eigenvalue weighted by atomic mass is 9.99. The Bertz CT molecular complexity index is 1300. The predicted octanol–water partition coefficient (Wildman–Crippen LogP) is 6.06. The van der Waals surface area contributed by atoms with Crippen molar-refractivity contribution in [2.24, 2.45) is 0 Å². The van der Waals surface area contributed by atoms with Crippen LogP contribution < -0.4 is 15.0 Å². The van der Waals surface area contributed by atoms with Gasteiger partial charge in [0.2, 0.25) is 0 Å². The van der Waals surface area contributed by atoms with E-state index in [1.54, 1.807) is 18.2 Å². The summed E-state index contributed by atoms with van der Waals surface area (Å²) in [4.78, 5) is 28.6. The molecule has 2 amide bonds. The number of nitrogens with one attached hydrogen (secondary N) is 1. The van der Waals surface area contributed by atoms with Crippen molar-refractivity contribution in [3.05, 3.63) is 93.6 Å². The summed E-state index contributed by atoms with van der Waals surface area (Å²) in [6.07, 6.45) is 0. The Morgan fingerprint density at radius 3 is 2.33 bits per heavy atom. The molecule has 0 bridgehead atoms. The first-order valence-electron chi connectivity index (χ1n) is 10.8. The molecule has 33 heavy (non-hydrogen) atoms. The quantitative estimate of drug-likeness (QED) is 0.454. The minimum Gasteiger partial charge on any atom is -0.492 e. The van der Waals surface area contributed by atoms with Crippen LogP contribution in [0.5, 0.6) is 5.75 Å². The molecule has 168 valence electrons. The van der Waals surface area contributed by atoms with Gasteiger partial charge >= 0.3 is 0 Å². The number of para-hydroxylation sites is 2. The highest BCUT2D eigenvalue weighted by molar-refractivity contribution is 6.46. The molecule has 3 aromatic carbocycles. The van der Waals surface area contributed by atoms with E-state index in [-0.39, 0.29) is 5.70 Å². The Labute approximate surface area is 198 Å². The minimum absolute atomic E-state index is 0.204. The number of carbonyl (C=O) groups excluding carboxylic acids is 2. The normalized spacial score (nSPS) is 13.7. The summed E-state index contributed by atoms with van der Waals surface area (Å²) >= 11 is 6.21. The van der Waals surface area contributed by atoms with Crippen molar-refractivity contribution in [2.45, 2.75) is 27.7 Å². The molecule has 1 N–H and O–H groups in total. The van der Waals surface area contributed by atoms with Crippen LogP contribution in [0, 0.1) is 20.8 Å². The maximum Gasteiger partial charge on any atom is 0.282 e. The van der Waals surface area contributed by atoms with Crippen LogP contribution in [0.3, 0.4) is 0 Å². The van der Waals surface area contributed by atoms with E-state index in [9.17, 15) is 9.59 Å². The minimum atomic E-state index is -0.440. The second-order valence-corrected chi connectivity index (χ2v) is 8.42. The van der Waals surface area contributed by atoms with Crippen LogP contribution in [-0.2, 0) is 9.59 Å². The molecule has 0 saturated carbocycles. The molecular weight excluding hydrogens is 436 g/mol. The smallest absolute Gasteiger partial charge is 0.282 e. The van der Waals surface area contributed by atoms with E-state index < -0.39 is 11.8 Å². The third-order valence-electron chi connectivity index (χ3n) is 5.74. The van der Waals surface area contributed by atoms with Crippen LogP contribution in [0.15, 0.2) is 66.4 Å². The van der Waals surface area contributed by atoms with Crippen molar-refractivity contribution in [3.8, 4) is 5.75 Å². The molecule has 3 aromatic rings. The molecule has 6 heteroatoms. The lowest BCUT2D eigenvalue weighted by Gasteiger charge is -2.18. The molecule has 1 aliphatic rings. The van der Waals surface area contributed by atoms with E-state index >= 15 is 0 Å². The Hall–Kier alpha value is -3.57. The second-order valence-electron chi connectivity index (χ2n) is 7.98. The first-order chi connectivity index (χ1) is 15.8. The third-order valence-corrected chi connectivity index (χ3v) is 5.97. The van der Waals surface area contributed by atoms with Gasteiger partial charge in [-0.25, -0.2) is 4.90 Å². The number of carbonyl (C=O) groups is 2. The van der Waals surface area contributed by atoms with Crippen LogP contribution in [-0.4, -0.2) is 18.4 Å². The van der Waals surface area contributed by atoms with Gasteiger partial charge in [0, 0.05) is 5.02 Å². The van der Waals surface area contributed by atoms with Crippen molar-refractivity contribution >= 4 is 40.4 Å². The lowest BCUT2D eigenvalue weighted by molar-refractivity contribution is -0.120. The molecule has 5 nitrogen and oxygen atoms in total. The van der Waals surface area contributed by atoms with E-state index in [0.717, 1.165) is 16.7 Å². The molecular formula is C27H25ClN2O3. The first kappa shape index (κ1) is 22.6. The number of aryl methyl sites for hydroxylation is 3. The Kier molecular flexibility index (Phi) is 6.25. The molecule has 0 saturated heterocycles. The predicted molar refractivity (Wildman–Crippen MR) is 133 cm³/mol. The van der Waals surface area contributed by atoms with Gasteiger partial charge in [-0.05, 0) is 74.2 Å². The van der Waals surface area contributed by atoms with E-state index in [1.807, 2.05) is 70.2 Å². The van der Waals surface area contributed by atoms with Gasteiger partial charge in [-0.3, -0.25) is 9.59 Å². The molecule has 0 radical (unpaired) electrons. The topological polar surface area (TPSA) is 58.6 Å². The summed E-state index contributed by atoms with van der Waals surface area (Å²) in [5, 5.41) is 3.65. The highest BCUT2D eigenvalue weighted by atomic mass is 35.5. The molecule has 0 aromatic heterocycles. The molecule has 1 heterocycles. The van der Waals surface area contributed by atoms with Crippen LogP contribution in [0.4, 0.5) is 11.4 Å². The van der Waals surface area contributed by atoms with Gasteiger partial charge in [0.15, 0.2) is 0 Å². The van der Waals surface area contributed by atoms with Crippen LogP contribution in [0.2, 0.25) is 5.02 Å². The monoisotopic (exact) mass is 460 g/mol. The average molecular weight is 461 g/mol. The fourth-order valence-electron chi connectivity index (χ4n) is 3.84. The van der Waals surface area contributed by atoms with Gasteiger partial charge in [-0.2, -0.15) is 0 Å². The van der Waals surface area contributed by atoms with E-state index in [0.29, 0.717) is 39.9 Å². The maximum atomic E-state index is 13.7. The number of nitrogens with zero attached hydrogens (tertiary/aromatic N) is 1. The molecule has 0 spiro atoms. The second kappa shape index (κ2) is 9.12. The Morgan fingerprint density at radius 2 is 1.61 bits per heavy atom. The highest BCUT2D eigenvalue weighted by Gasteiger charge is 2.41. The molecule has 0 atom stereocenters. The average Bonchev–Trinajstić information content (AvgIpc) is 3.03. The number of hydrogen-bond donors (Lipinski definition) is 1. The van der Waals surface area contributed by atoms with Crippen molar-refractivity contribution in [1.29, 1.82) is 0 Å². The van der Waals surface area contributed by atoms with Gasteiger partial charge < -0.3 is 10.1 Å². The molecule has 4 rings (SSSR count). The first-order valence-corrected chi connectivity index (χ1v) is 11.1. The van der Waals surface area contributed by atoms with Gasteiger partial charge in [0.05, 0.1) is 23.6 Å². The van der Waals surface area contributed by atoms with Gasteiger partial charge in [-0.15, -0.1) is 0 Å². The molecule has 0 aliphatic carbocycles. The number of hydrogen-bond acceptors (Lipinski definition) is 4. The Morgan fingerprint density at radius 1 is 0.879 bits per heavy atom. The number of imide groups is 1. The Balaban J connectivity index is 1.88. The molecule has 0 unspecified atom stereocenters.